The first kappa shape index (κ1) is 47.9. The largest absolute Gasteiger partial charge is 2.00 e. The predicted octanol–water partition coefficient (Wildman–Crippen LogP) is 9.25. The van der Waals surface area contributed by atoms with E-state index < -0.39 is 11.9 Å². The Morgan fingerprint density at radius 3 is 1.24 bits per heavy atom. The number of benzene rings is 1. The van der Waals surface area contributed by atoms with Gasteiger partial charge in [-0.3, -0.25) is 0 Å². The van der Waals surface area contributed by atoms with E-state index >= 15 is 0 Å². The van der Waals surface area contributed by atoms with E-state index in [0.29, 0.717) is 5.56 Å². The van der Waals surface area contributed by atoms with Crippen LogP contribution in [0.5, 0.6) is 0 Å². The standard InChI is InChI=1S/C19H38O2.C10H12O2.2C4H9.Sn/c1-2-3-4-5-6-7-8-9-10-11-12-13-14-15-16-17-18-19(20)21;1-2-5-8-6-3-4-7-9(8)10(11)12;2*1-3-4-2;/h2-18H2,1H3,(H,20,21);3-4,6-7H,2,5H2,1H3,(H,11,12);2*1,3-4H2,2H3;/q;;;;+2/p-2. The Labute approximate surface area is 279 Å². The minimum absolute atomic E-state index is 0. The Balaban J connectivity index is -0.000000287. The number of rotatable bonds is 22. The summed E-state index contributed by atoms with van der Waals surface area (Å²) >= 11 is 0. The van der Waals surface area contributed by atoms with Crippen LogP contribution < -0.4 is 10.2 Å². The molecule has 0 aliphatic heterocycles. The van der Waals surface area contributed by atoms with Crippen LogP contribution in [0.2, 0.25) is 0 Å². The van der Waals surface area contributed by atoms with E-state index in [1.165, 1.54) is 103 Å². The van der Waals surface area contributed by atoms with E-state index in [9.17, 15) is 19.8 Å². The number of carboxylic acids is 2. The van der Waals surface area contributed by atoms with Crippen molar-refractivity contribution >= 4 is 35.8 Å². The SMILES string of the molecule is CCCCCCCCCCCCCCCCCCC(=O)[O-].CCCc1ccccc1C(=O)[O-].[CH2]CCC.[CH2]CCC.[Sn+2]. The van der Waals surface area contributed by atoms with Crippen LogP contribution in [0.25, 0.3) is 0 Å². The number of carbonyl (C=O) groups is 2. The number of carbonyl (C=O) groups excluding carboxylic acids is 2. The Hall–Kier alpha value is -1.04. The smallest absolute Gasteiger partial charge is 0.550 e. The van der Waals surface area contributed by atoms with Crippen molar-refractivity contribution in [3.05, 3.63) is 49.2 Å². The van der Waals surface area contributed by atoms with Crippen molar-refractivity contribution in [2.45, 2.75) is 175 Å². The van der Waals surface area contributed by atoms with Crippen LogP contribution >= 0.6 is 0 Å². The van der Waals surface area contributed by atoms with Gasteiger partial charge in [-0.05, 0) is 24.8 Å². The van der Waals surface area contributed by atoms with Crippen LogP contribution in [0.15, 0.2) is 24.3 Å². The van der Waals surface area contributed by atoms with Gasteiger partial charge in [0.05, 0.1) is 5.97 Å². The van der Waals surface area contributed by atoms with Crippen molar-refractivity contribution in [3.63, 3.8) is 0 Å². The fourth-order valence-electron chi connectivity index (χ4n) is 4.02. The van der Waals surface area contributed by atoms with E-state index in [1.807, 2.05) is 19.1 Å². The molecule has 42 heavy (non-hydrogen) atoms. The van der Waals surface area contributed by atoms with Gasteiger partial charge in [-0.1, -0.05) is 194 Å². The fraction of sp³-hybridized carbons (Fsp3) is 0.730. The van der Waals surface area contributed by atoms with Gasteiger partial charge in [0.15, 0.2) is 0 Å². The first-order chi connectivity index (χ1) is 19.9. The third-order valence-electron chi connectivity index (χ3n) is 6.70. The number of carboxylic acid groups (broad SMARTS) is 2. The maximum Gasteiger partial charge on any atom is 2.00 e. The molecule has 5 heteroatoms. The predicted molar refractivity (Wildman–Crippen MR) is 180 cm³/mol. The number of aryl methyl sites for hydroxylation is 1. The first-order valence-corrected chi connectivity index (χ1v) is 16.9. The molecule has 1 aromatic carbocycles. The monoisotopic (exact) mass is 694 g/mol. The van der Waals surface area contributed by atoms with Gasteiger partial charge < -0.3 is 19.8 Å². The summed E-state index contributed by atoms with van der Waals surface area (Å²) in [7, 11) is 0. The minimum Gasteiger partial charge on any atom is -0.550 e. The number of aromatic carboxylic acids is 1. The van der Waals surface area contributed by atoms with E-state index in [0.717, 1.165) is 44.1 Å². The Kier molecular flexibility index (Phi) is 48.0. The summed E-state index contributed by atoms with van der Waals surface area (Å²) in [6.07, 6.45) is 27.6. The molecular weight excluding hydrogens is 627 g/mol. The molecule has 0 bridgehead atoms. The molecule has 1 aromatic rings. The van der Waals surface area contributed by atoms with Crippen molar-refractivity contribution in [2.24, 2.45) is 0 Å². The average Bonchev–Trinajstić information content (AvgIpc) is 2.97. The minimum atomic E-state index is -1.08. The molecule has 0 N–H and O–H groups in total. The van der Waals surface area contributed by atoms with Gasteiger partial charge in [0.25, 0.3) is 0 Å². The molecule has 0 heterocycles. The van der Waals surface area contributed by atoms with Crippen LogP contribution in [0, 0.1) is 13.8 Å². The molecule has 242 valence electrons. The fourth-order valence-corrected chi connectivity index (χ4v) is 4.02. The summed E-state index contributed by atoms with van der Waals surface area (Å²) in [4.78, 5) is 20.8. The van der Waals surface area contributed by atoms with Crippen LogP contribution in [-0.2, 0) is 11.2 Å². The molecule has 0 amide bonds. The molecule has 0 unspecified atom stereocenters. The van der Waals surface area contributed by atoms with Crippen molar-refractivity contribution in [1.82, 2.24) is 0 Å². The maximum absolute atomic E-state index is 10.6. The molecule has 0 saturated carbocycles. The van der Waals surface area contributed by atoms with Gasteiger partial charge in [-0.15, -0.1) is 0 Å². The summed E-state index contributed by atoms with van der Waals surface area (Å²) in [6, 6.07) is 6.97. The molecule has 0 fully saturated rings. The molecule has 0 aliphatic rings. The van der Waals surface area contributed by atoms with Gasteiger partial charge in [0.2, 0.25) is 0 Å². The summed E-state index contributed by atoms with van der Waals surface area (Å²) in [6.45, 7) is 15.7. The van der Waals surface area contributed by atoms with Crippen LogP contribution in [0.4, 0.5) is 0 Å². The van der Waals surface area contributed by atoms with Crippen molar-refractivity contribution < 1.29 is 19.8 Å². The topological polar surface area (TPSA) is 80.3 Å². The molecule has 0 saturated heterocycles. The third-order valence-corrected chi connectivity index (χ3v) is 6.70. The normalized spacial score (nSPS) is 9.67. The second kappa shape index (κ2) is 42.1. The van der Waals surface area contributed by atoms with E-state index in [2.05, 4.69) is 34.6 Å². The summed E-state index contributed by atoms with van der Waals surface area (Å²) in [5.41, 5.74) is 1.18. The molecule has 0 atom stereocenters. The number of hydrogen-bond donors (Lipinski definition) is 0. The number of unbranched alkanes of at least 4 members (excludes halogenated alkanes) is 17. The molecule has 1 rings (SSSR count). The maximum atomic E-state index is 10.6. The quantitative estimate of drug-likeness (QED) is 0.0896. The van der Waals surface area contributed by atoms with Crippen LogP contribution in [0.1, 0.15) is 185 Å². The van der Waals surface area contributed by atoms with E-state index in [1.54, 1.807) is 12.1 Å². The van der Waals surface area contributed by atoms with Gasteiger partial charge >= 0.3 is 23.9 Å². The molecular formula is C37H66O4Sn. The third kappa shape index (κ3) is 41.1. The summed E-state index contributed by atoms with van der Waals surface area (Å²) in [5.74, 6) is -1.99. The Morgan fingerprint density at radius 1 is 0.571 bits per heavy atom. The Morgan fingerprint density at radius 2 is 0.929 bits per heavy atom. The molecule has 0 aromatic heterocycles. The second-order valence-corrected chi connectivity index (χ2v) is 10.8. The van der Waals surface area contributed by atoms with Gasteiger partial charge in [0.1, 0.15) is 0 Å². The Bertz CT molecular complexity index is 655. The average molecular weight is 694 g/mol. The summed E-state index contributed by atoms with van der Waals surface area (Å²) < 4.78 is 0. The van der Waals surface area contributed by atoms with Gasteiger partial charge in [-0.25, -0.2) is 0 Å². The van der Waals surface area contributed by atoms with Crippen molar-refractivity contribution in [1.29, 1.82) is 0 Å². The zero-order valence-electron chi connectivity index (χ0n) is 28.1. The molecule has 4 nitrogen and oxygen atoms in total. The van der Waals surface area contributed by atoms with Gasteiger partial charge in [0, 0.05) is 11.5 Å². The second-order valence-electron chi connectivity index (χ2n) is 10.8. The number of hydrogen-bond acceptors (Lipinski definition) is 4. The molecule has 4 radical (unpaired) electrons. The van der Waals surface area contributed by atoms with Crippen LogP contribution in [0.3, 0.4) is 0 Å². The van der Waals surface area contributed by atoms with E-state index in [-0.39, 0.29) is 30.3 Å². The number of aliphatic carboxylic acids is 1. The van der Waals surface area contributed by atoms with Crippen molar-refractivity contribution in [2.75, 3.05) is 0 Å². The zero-order valence-corrected chi connectivity index (χ0v) is 31.0. The molecule has 0 aliphatic carbocycles. The summed E-state index contributed by atoms with van der Waals surface area (Å²) in [5, 5.41) is 20.8. The van der Waals surface area contributed by atoms with Crippen LogP contribution in [-0.4, -0.2) is 35.8 Å². The van der Waals surface area contributed by atoms with Crippen molar-refractivity contribution in [3.8, 4) is 0 Å². The molecule has 0 spiro atoms. The zero-order chi connectivity index (χ0) is 31.4. The first-order valence-electron chi connectivity index (χ1n) is 16.9. The van der Waals surface area contributed by atoms with Gasteiger partial charge in [-0.2, -0.15) is 0 Å². The van der Waals surface area contributed by atoms with E-state index in [4.69, 9.17) is 0 Å².